The van der Waals surface area contributed by atoms with Crippen molar-refractivity contribution in [2.75, 3.05) is 24.7 Å². The lowest BCUT2D eigenvalue weighted by Crippen LogP contribution is -2.08. The van der Waals surface area contributed by atoms with Gasteiger partial charge in [-0.25, -0.2) is 14.1 Å². The number of nitrogens with zero attached hydrogens (tertiary/aromatic N) is 4. The van der Waals surface area contributed by atoms with Gasteiger partial charge in [0, 0.05) is 12.1 Å². The Morgan fingerprint density at radius 2 is 1.80 bits per heavy atom. The third-order valence-corrected chi connectivity index (χ3v) is 5.91. The molecule has 0 aliphatic heterocycles. The molecule has 0 unspecified atom stereocenters. The normalized spacial score (nSPS) is 11.1. The van der Waals surface area contributed by atoms with Gasteiger partial charge in [-0.05, 0) is 54.4 Å². The number of fused-ring (bicyclic) bond motifs is 1. The van der Waals surface area contributed by atoms with Crippen molar-refractivity contribution < 1.29 is 9.13 Å². The van der Waals surface area contributed by atoms with Crippen LogP contribution in [0.3, 0.4) is 0 Å². The standard InChI is InChI=1S/C26H22ClFN6O/c1-35-19-10-8-18(9-11-19)34-24(29)22-23(17-7-12-21(28)20(27)15-17)31-26(32-25(22)33-34)30-14-13-16-5-3-2-4-6-16/h2-12,15H,13-14,29H2,1H3,(H,30,32,33). The van der Waals surface area contributed by atoms with Crippen LogP contribution in [-0.2, 0) is 6.42 Å². The Bertz CT molecular complexity index is 1490. The predicted molar refractivity (Wildman–Crippen MR) is 137 cm³/mol. The lowest BCUT2D eigenvalue weighted by atomic mass is 10.1. The van der Waals surface area contributed by atoms with E-state index in [4.69, 9.17) is 27.1 Å². The summed E-state index contributed by atoms with van der Waals surface area (Å²) in [5.74, 6) is 0.957. The summed E-state index contributed by atoms with van der Waals surface area (Å²) < 4.78 is 20.7. The smallest absolute Gasteiger partial charge is 0.225 e. The Morgan fingerprint density at radius 3 is 2.51 bits per heavy atom. The zero-order valence-electron chi connectivity index (χ0n) is 18.9. The molecular weight excluding hydrogens is 467 g/mol. The number of hydrogen-bond acceptors (Lipinski definition) is 6. The number of methoxy groups -OCH3 is 1. The highest BCUT2D eigenvalue weighted by molar-refractivity contribution is 6.31. The molecule has 3 N–H and O–H groups in total. The highest BCUT2D eigenvalue weighted by Gasteiger charge is 2.20. The molecule has 2 aromatic heterocycles. The van der Waals surface area contributed by atoms with Crippen LogP contribution in [0.5, 0.6) is 5.75 Å². The Hall–Kier alpha value is -4.17. The number of hydrogen-bond donors (Lipinski definition) is 2. The van der Waals surface area contributed by atoms with E-state index in [0.29, 0.717) is 40.6 Å². The number of anilines is 2. The highest BCUT2D eigenvalue weighted by Crippen LogP contribution is 2.34. The topological polar surface area (TPSA) is 90.9 Å². The molecule has 0 saturated heterocycles. The van der Waals surface area contributed by atoms with Crippen LogP contribution < -0.4 is 15.8 Å². The maximum Gasteiger partial charge on any atom is 0.225 e. The lowest BCUT2D eigenvalue weighted by Gasteiger charge is -2.09. The molecule has 0 aliphatic carbocycles. The summed E-state index contributed by atoms with van der Waals surface area (Å²) in [5.41, 5.74) is 9.99. The van der Waals surface area contributed by atoms with Crippen LogP contribution in [0, 0.1) is 5.82 Å². The van der Waals surface area contributed by atoms with Gasteiger partial charge in [0.25, 0.3) is 0 Å². The number of rotatable bonds is 7. The van der Waals surface area contributed by atoms with Gasteiger partial charge >= 0.3 is 0 Å². The van der Waals surface area contributed by atoms with Crippen LogP contribution in [0.2, 0.25) is 5.02 Å². The van der Waals surface area contributed by atoms with Crippen LogP contribution in [0.4, 0.5) is 16.2 Å². The van der Waals surface area contributed by atoms with E-state index in [1.807, 2.05) is 42.5 Å². The lowest BCUT2D eigenvalue weighted by molar-refractivity contribution is 0.414. The molecule has 0 amide bonds. The number of aromatic nitrogens is 4. The quantitative estimate of drug-likeness (QED) is 0.313. The Kier molecular flexibility index (Phi) is 6.20. The van der Waals surface area contributed by atoms with E-state index in [1.54, 1.807) is 17.9 Å². The van der Waals surface area contributed by atoms with Crippen LogP contribution in [0.15, 0.2) is 72.8 Å². The van der Waals surface area contributed by atoms with E-state index in [1.165, 1.54) is 17.7 Å². The monoisotopic (exact) mass is 488 g/mol. The zero-order valence-corrected chi connectivity index (χ0v) is 19.6. The number of nitrogens with two attached hydrogens (primary N) is 1. The van der Waals surface area contributed by atoms with Gasteiger partial charge < -0.3 is 15.8 Å². The number of benzene rings is 3. The second-order valence-electron chi connectivity index (χ2n) is 7.88. The first-order valence-corrected chi connectivity index (χ1v) is 11.3. The third kappa shape index (κ3) is 4.61. The van der Waals surface area contributed by atoms with Gasteiger partial charge in [-0.2, -0.15) is 4.98 Å². The molecule has 0 spiro atoms. The van der Waals surface area contributed by atoms with E-state index in [2.05, 4.69) is 27.5 Å². The first kappa shape index (κ1) is 22.6. The molecule has 2 heterocycles. The van der Waals surface area contributed by atoms with Gasteiger partial charge in [0.2, 0.25) is 5.95 Å². The molecule has 176 valence electrons. The van der Waals surface area contributed by atoms with Crippen molar-refractivity contribution in [1.82, 2.24) is 19.7 Å². The van der Waals surface area contributed by atoms with Crippen LogP contribution >= 0.6 is 11.6 Å². The summed E-state index contributed by atoms with van der Waals surface area (Å²) in [5, 5.41) is 8.46. The minimum atomic E-state index is -0.510. The first-order chi connectivity index (χ1) is 17.0. The van der Waals surface area contributed by atoms with Gasteiger partial charge in [-0.15, -0.1) is 5.10 Å². The average molecular weight is 489 g/mol. The molecule has 7 nitrogen and oxygen atoms in total. The predicted octanol–water partition coefficient (Wildman–Crippen LogP) is 5.52. The molecule has 9 heteroatoms. The maximum absolute atomic E-state index is 13.9. The fourth-order valence-electron chi connectivity index (χ4n) is 3.83. The molecule has 0 atom stereocenters. The molecular formula is C26H22ClFN6O. The zero-order chi connectivity index (χ0) is 24.4. The van der Waals surface area contributed by atoms with Crippen LogP contribution in [-0.4, -0.2) is 33.4 Å². The van der Waals surface area contributed by atoms with Crippen molar-refractivity contribution in [2.24, 2.45) is 0 Å². The summed E-state index contributed by atoms with van der Waals surface area (Å²) in [4.78, 5) is 9.32. The summed E-state index contributed by atoms with van der Waals surface area (Å²) in [6, 6.07) is 21.9. The van der Waals surface area contributed by atoms with Crippen LogP contribution in [0.25, 0.3) is 28.0 Å². The van der Waals surface area contributed by atoms with Crippen molar-refractivity contribution >= 4 is 34.4 Å². The number of nitrogen functional groups attached to an aromatic ring is 1. The minimum Gasteiger partial charge on any atom is -0.497 e. The molecule has 5 rings (SSSR count). The summed E-state index contributed by atoms with van der Waals surface area (Å²) >= 11 is 6.08. The van der Waals surface area contributed by atoms with Crippen LogP contribution in [0.1, 0.15) is 5.56 Å². The van der Waals surface area contributed by atoms with Gasteiger partial charge in [0.15, 0.2) is 5.65 Å². The SMILES string of the molecule is COc1ccc(-n2nc3nc(NCCc4ccccc4)nc(-c4ccc(F)c(Cl)c4)c3c2N)cc1. The molecule has 3 aromatic carbocycles. The van der Waals surface area contributed by atoms with E-state index in [0.717, 1.165) is 17.9 Å². The molecule has 0 bridgehead atoms. The van der Waals surface area contributed by atoms with Gasteiger partial charge in [0.1, 0.15) is 17.4 Å². The van der Waals surface area contributed by atoms with Crippen molar-refractivity contribution in [1.29, 1.82) is 0 Å². The summed E-state index contributed by atoms with van der Waals surface area (Å²) in [6.07, 6.45) is 0.794. The number of nitrogens with one attached hydrogen (secondary N) is 1. The third-order valence-electron chi connectivity index (χ3n) is 5.62. The van der Waals surface area contributed by atoms with Crippen molar-refractivity contribution in [3.05, 3.63) is 89.2 Å². The molecule has 0 radical (unpaired) electrons. The van der Waals surface area contributed by atoms with Crippen molar-refractivity contribution in [2.45, 2.75) is 6.42 Å². The number of halogens is 2. The Balaban J connectivity index is 1.58. The van der Waals surface area contributed by atoms with Gasteiger partial charge in [-0.3, -0.25) is 0 Å². The summed E-state index contributed by atoms with van der Waals surface area (Å²) in [6.45, 7) is 0.619. The summed E-state index contributed by atoms with van der Waals surface area (Å²) in [7, 11) is 1.60. The van der Waals surface area contributed by atoms with Gasteiger partial charge in [-0.1, -0.05) is 41.9 Å². The second kappa shape index (κ2) is 9.60. The number of ether oxygens (including phenoxy) is 1. The molecule has 0 fully saturated rings. The minimum absolute atomic E-state index is 0.00559. The van der Waals surface area contributed by atoms with Gasteiger partial charge in [0.05, 0.1) is 28.9 Å². The largest absolute Gasteiger partial charge is 0.497 e. The van der Waals surface area contributed by atoms with E-state index >= 15 is 0 Å². The Labute approximate surface area is 206 Å². The second-order valence-corrected chi connectivity index (χ2v) is 8.29. The van der Waals surface area contributed by atoms with E-state index in [9.17, 15) is 4.39 Å². The first-order valence-electron chi connectivity index (χ1n) is 11.0. The molecule has 5 aromatic rings. The molecule has 35 heavy (non-hydrogen) atoms. The Morgan fingerprint density at radius 1 is 1.03 bits per heavy atom. The average Bonchev–Trinajstić information content (AvgIpc) is 3.22. The fourth-order valence-corrected chi connectivity index (χ4v) is 4.01. The van der Waals surface area contributed by atoms with E-state index in [-0.39, 0.29) is 5.02 Å². The highest BCUT2D eigenvalue weighted by atomic mass is 35.5. The van der Waals surface area contributed by atoms with Crippen molar-refractivity contribution in [3.63, 3.8) is 0 Å². The molecule has 0 saturated carbocycles. The van der Waals surface area contributed by atoms with E-state index < -0.39 is 5.82 Å². The van der Waals surface area contributed by atoms with Crippen molar-refractivity contribution in [3.8, 4) is 22.7 Å². The maximum atomic E-state index is 13.9. The molecule has 0 aliphatic rings. The fraction of sp³-hybridized carbons (Fsp3) is 0.115.